The maximum Gasteiger partial charge on any atom is 0.355 e. The highest BCUT2D eigenvalue weighted by atomic mass is 35.5. The standard InChI is InChI=1S/C29H29ClFN5O3/c1-4-17-9-8-10-18(5-2)25(17)36-27-20(15-21(30)24(33-27)19-11-6-7-12-22(19)31)26(34-29(36)38)35-14-13-32-16-23(35)28(37)39-3/h6-12,15,23,32H,4-5,13-14,16H2,1-3H3. The van der Waals surface area contributed by atoms with Crippen LogP contribution in [0.3, 0.4) is 0 Å². The van der Waals surface area contributed by atoms with Gasteiger partial charge in [-0.1, -0.05) is 55.8 Å². The Morgan fingerprint density at radius 1 is 1.13 bits per heavy atom. The van der Waals surface area contributed by atoms with Gasteiger partial charge in [0.2, 0.25) is 0 Å². The van der Waals surface area contributed by atoms with Gasteiger partial charge in [-0.15, -0.1) is 0 Å². The zero-order chi connectivity index (χ0) is 27.7. The molecule has 1 aliphatic heterocycles. The Kier molecular flexibility index (Phi) is 7.63. The highest BCUT2D eigenvalue weighted by Crippen LogP contribution is 2.35. The molecule has 1 saturated heterocycles. The van der Waals surface area contributed by atoms with Gasteiger partial charge in [-0.3, -0.25) is 0 Å². The van der Waals surface area contributed by atoms with Crippen LogP contribution in [-0.4, -0.2) is 53.3 Å². The van der Waals surface area contributed by atoms with Crippen LogP contribution >= 0.6 is 11.6 Å². The van der Waals surface area contributed by atoms with Crippen LogP contribution in [0.5, 0.6) is 0 Å². The van der Waals surface area contributed by atoms with Crippen LogP contribution in [0, 0.1) is 5.82 Å². The molecule has 3 heterocycles. The van der Waals surface area contributed by atoms with Crippen molar-refractivity contribution >= 4 is 34.4 Å². The molecule has 10 heteroatoms. The number of aromatic nitrogens is 3. The van der Waals surface area contributed by atoms with Gasteiger partial charge in [0.05, 0.1) is 28.9 Å². The monoisotopic (exact) mass is 549 g/mol. The van der Waals surface area contributed by atoms with Crippen molar-refractivity contribution in [3.63, 3.8) is 0 Å². The molecule has 0 radical (unpaired) electrons. The van der Waals surface area contributed by atoms with E-state index in [0.29, 0.717) is 43.5 Å². The lowest BCUT2D eigenvalue weighted by Gasteiger charge is -2.35. The minimum atomic E-state index is -0.700. The average Bonchev–Trinajstić information content (AvgIpc) is 2.96. The summed E-state index contributed by atoms with van der Waals surface area (Å²) >= 11 is 6.74. The number of nitrogens with zero attached hydrogens (tertiary/aromatic N) is 4. The van der Waals surface area contributed by atoms with Gasteiger partial charge < -0.3 is 15.0 Å². The summed E-state index contributed by atoms with van der Waals surface area (Å²) in [7, 11) is 1.33. The molecule has 1 fully saturated rings. The summed E-state index contributed by atoms with van der Waals surface area (Å²) in [6.45, 7) is 5.34. The summed E-state index contributed by atoms with van der Waals surface area (Å²) in [5.74, 6) is -0.650. The smallest absolute Gasteiger partial charge is 0.355 e. The van der Waals surface area contributed by atoms with E-state index in [1.165, 1.54) is 17.7 Å². The molecule has 0 amide bonds. The maximum atomic E-state index is 14.9. The molecular formula is C29H29ClFN5O3. The van der Waals surface area contributed by atoms with Crippen LogP contribution < -0.4 is 15.9 Å². The molecule has 0 spiro atoms. The number of ether oxygens (including phenoxy) is 1. The largest absolute Gasteiger partial charge is 0.467 e. The van der Waals surface area contributed by atoms with E-state index in [0.717, 1.165) is 11.1 Å². The van der Waals surface area contributed by atoms with E-state index in [1.807, 2.05) is 32.0 Å². The summed E-state index contributed by atoms with van der Waals surface area (Å²) in [5.41, 5.74) is 2.77. The second-order valence-corrected chi connectivity index (χ2v) is 9.70. The molecule has 2 aromatic heterocycles. The maximum absolute atomic E-state index is 14.9. The number of piperazine rings is 1. The first-order chi connectivity index (χ1) is 18.9. The number of carbonyl (C=O) groups is 1. The molecule has 5 rings (SSSR count). The molecule has 39 heavy (non-hydrogen) atoms. The van der Waals surface area contributed by atoms with E-state index in [4.69, 9.17) is 21.3 Å². The van der Waals surface area contributed by atoms with Crippen molar-refractivity contribution in [2.75, 3.05) is 31.6 Å². The molecule has 1 aliphatic rings. The van der Waals surface area contributed by atoms with E-state index < -0.39 is 23.5 Å². The Morgan fingerprint density at radius 2 is 1.85 bits per heavy atom. The van der Waals surface area contributed by atoms with Crippen molar-refractivity contribution in [1.29, 1.82) is 0 Å². The minimum Gasteiger partial charge on any atom is -0.467 e. The summed E-state index contributed by atoms with van der Waals surface area (Å²) in [6.07, 6.45) is 1.35. The molecule has 0 bridgehead atoms. The highest BCUT2D eigenvalue weighted by Gasteiger charge is 2.33. The van der Waals surface area contributed by atoms with E-state index in [9.17, 15) is 14.0 Å². The zero-order valence-corrected chi connectivity index (χ0v) is 22.8. The van der Waals surface area contributed by atoms with Crippen molar-refractivity contribution in [1.82, 2.24) is 19.9 Å². The van der Waals surface area contributed by atoms with E-state index in [1.54, 1.807) is 29.2 Å². The summed E-state index contributed by atoms with van der Waals surface area (Å²) in [6, 6.07) is 13.1. The summed E-state index contributed by atoms with van der Waals surface area (Å²) in [4.78, 5) is 37.7. The molecule has 1 N–H and O–H groups in total. The second kappa shape index (κ2) is 11.1. The summed E-state index contributed by atoms with van der Waals surface area (Å²) < 4.78 is 21.4. The Labute approximate surface area is 230 Å². The number of rotatable bonds is 6. The lowest BCUT2D eigenvalue weighted by molar-refractivity contribution is -0.142. The first-order valence-electron chi connectivity index (χ1n) is 12.9. The first kappa shape index (κ1) is 26.8. The predicted octanol–water partition coefficient (Wildman–Crippen LogP) is 4.32. The van der Waals surface area contributed by atoms with Crippen LogP contribution in [0.15, 0.2) is 53.3 Å². The fourth-order valence-electron chi connectivity index (χ4n) is 5.17. The zero-order valence-electron chi connectivity index (χ0n) is 22.0. The first-order valence-corrected chi connectivity index (χ1v) is 13.3. The molecule has 2 aromatic carbocycles. The highest BCUT2D eigenvalue weighted by molar-refractivity contribution is 6.33. The number of aryl methyl sites for hydroxylation is 2. The predicted molar refractivity (Wildman–Crippen MR) is 150 cm³/mol. The van der Waals surface area contributed by atoms with Gasteiger partial charge in [0.1, 0.15) is 17.7 Å². The lowest BCUT2D eigenvalue weighted by atomic mass is 10.0. The number of para-hydroxylation sites is 1. The summed E-state index contributed by atoms with van der Waals surface area (Å²) in [5, 5.41) is 3.87. The molecule has 1 unspecified atom stereocenters. The quantitative estimate of drug-likeness (QED) is 0.358. The van der Waals surface area contributed by atoms with Gasteiger partial charge in [-0.05, 0) is 42.2 Å². The third-order valence-electron chi connectivity index (χ3n) is 7.11. The van der Waals surface area contributed by atoms with Gasteiger partial charge in [-0.2, -0.15) is 4.98 Å². The number of anilines is 1. The SMILES string of the molecule is CCc1cccc(CC)c1-n1c(=O)nc(N2CCNCC2C(=O)OC)c2cc(Cl)c(-c3ccccc3F)nc21. The van der Waals surface area contributed by atoms with Gasteiger partial charge in [-0.25, -0.2) is 23.5 Å². The van der Waals surface area contributed by atoms with Gasteiger partial charge in [0, 0.05) is 25.2 Å². The molecule has 4 aromatic rings. The number of benzene rings is 2. The Hall–Kier alpha value is -3.82. The van der Waals surface area contributed by atoms with Crippen LogP contribution in [0.1, 0.15) is 25.0 Å². The lowest BCUT2D eigenvalue weighted by Crippen LogP contribution is -2.56. The normalized spacial score (nSPS) is 15.5. The number of nitrogens with one attached hydrogen (secondary N) is 1. The number of pyridine rings is 1. The third kappa shape index (κ3) is 4.77. The fraction of sp³-hybridized carbons (Fsp3) is 0.310. The Bertz CT molecular complexity index is 1600. The molecular weight excluding hydrogens is 521 g/mol. The Balaban J connectivity index is 1.89. The molecule has 0 aliphatic carbocycles. The Morgan fingerprint density at radius 3 is 2.51 bits per heavy atom. The third-order valence-corrected chi connectivity index (χ3v) is 7.40. The van der Waals surface area contributed by atoms with Crippen LogP contribution in [0.4, 0.5) is 10.2 Å². The van der Waals surface area contributed by atoms with E-state index in [2.05, 4.69) is 10.3 Å². The number of hydrogen-bond donors (Lipinski definition) is 1. The van der Waals surface area contributed by atoms with Gasteiger partial charge in [0.15, 0.2) is 5.65 Å². The average molecular weight is 550 g/mol. The number of hydrogen-bond acceptors (Lipinski definition) is 7. The van der Waals surface area contributed by atoms with E-state index in [-0.39, 0.29) is 27.7 Å². The van der Waals surface area contributed by atoms with Crippen molar-refractivity contribution in [3.05, 3.63) is 81.0 Å². The number of carbonyl (C=O) groups excluding carboxylic acids is 1. The molecule has 202 valence electrons. The van der Waals surface area contributed by atoms with Crippen molar-refractivity contribution < 1.29 is 13.9 Å². The molecule has 8 nitrogen and oxygen atoms in total. The van der Waals surface area contributed by atoms with Gasteiger partial charge >= 0.3 is 11.7 Å². The second-order valence-electron chi connectivity index (χ2n) is 9.29. The van der Waals surface area contributed by atoms with Crippen molar-refractivity contribution in [2.45, 2.75) is 32.7 Å². The minimum absolute atomic E-state index is 0.199. The topological polar surface area (TPSA) is 89.4 Å². The number of fused-ring (bicyclic) bond motifs is 1. The number of methoxy groups -OCH3 is 1. The number of esters is 1. The van der Waals surface area contributed by atoms with Crippen molar-refractivity contribution in [3.8, 4) is 16.9 Å². The van der Waals surface area contributed by atoms with Crippen LogP contribution in [-0.2, 0) is 22.4 Å². The molecule has 1 atom stereocenters. The fourth-order valence-corrected chi connectivity index (χ4v) is 5.43. The van der Waals surface area contributed by atoms with E-state index >= 15 is 0 Å². The van der Waals surface area contributed by atoms with Gasteiger partial charge in [0.25, 0.3) is 0 Å². The van der Waals surface area contributed by atoms with Crippen molar-refractivity contribution in [2.24, 2.45) is 0 Å². The van der Waals surface area contributed by atoms with Crippen LogP contribution in [0.2, 0.25) is 5.02 Å². The van der Waals surface area contributed by atoms with Crippen LogP contribution in [0.25, 0.3) is 28.0 Å². The molecule has 0 saturated carbocycles. The number of halogens is 2.